The van der Waals surface area contributed by atoms with Gasteiger partial charge in [-0.2, -0.15) is 0 Å². The summed E-state index contributed by atoms with van der Waals surface area (Å²) >= 11 is 1.08. The minimum absolute atomic E-state index is 0.0375. The highest BCUT2D eigenvalue weighted by Gasteiger charge is 2.21. The molecule has 0 radical (unpaired) electrons. The van der Waals surface area contributed by atoms with Crippen molar-refractivity contribution in [1.29, 1.82) is 0 Å². The van der Waals surface area contributed by atoms with Crippen LogP contribution in [0.3, 0.4) is 0 Å². The summed E-state index contributed by atoms with van der Waals surface area (Å²) in [6.07, 6.45) is 1.66. The molecule has 0 bridgehead atoms. The Morgan fingerprint density at radius 3 is 2.62 bits per heavy atom. The largest absolute Gasteiger partial charge is 0.477 e. The Hall–Kier alpha value is -2.74. The SMILES string of the molecule is Cc1cnc2sc(C(=O)O)c(-c3ccc([N+](=O)[O-])cc3)n12. The number of hydrogen-bond acceptors (Lipinski definition) is 5. The van der Waals surface area contributed by atoms with Gasteiger partial charge in [-0.05, 0) is 19.1 Å². The molecule has 0 amide bonds. The number of benzene rings is 1. The molecule has 0 fully saturated rings. The fourth-order valence-corrected chi connectivity index (χ4v) is 3.15. The van der Waals surface area contributed by atoms with E-state index < -0.39 is 10.9 Å². The molecule has 3 rings (SSSR count). The highest BCUT2D eigenvalue weighted by molar-refractivity contribution is 7.19. The predicted octanol–water partition coefficient (Wildman–Crippen LogP) is 2.98. The molecular formula is C13H9N3O4S. The van der Waals surface area contributed by atoms with Crippen LogP contribution in [0.5, 0.6) is 0 Å². The molecule has 0 aliphatic heterocycles. The fourth-order valence-electron chi connectivity index (χ4n) is 2.15. The number of nitrogens with zero attached hydrogens (tertiary/aromatic N) is 3. The number of thiazole rings is 1. The average molecular weight is 303 g/mol. The van der Waals surface area contributed by atoms with Gasteiger partial charge in [-0.15, -0.1) is 0 Å². The lowest BCUT2D eigenvalue weighted by Gasteiger charge is -2.03. The highest BCUT2D eigenvalue weighted by atomic mass is 32.1. The second-order valence-corrected chi connectivity index (χ2v) is 5.38. The van der Waals surface area contributed by atoms with Gasteiger partial charge >= 0.3 is 5.97 Å². The molecule has 0 saturated carbocycles. The van der Waals surface area contributed by atoms with E-state index in [2.05, 4.69) is 4.98 Å². The van der Waals surface area contributed by atoms with E-state index in [4.69, 9.17) is 0 Å². The van der Waals surface area contributed by atoms with Gasteiger partial charge in [-0.25, -0.2) is 9.78 Å². The molecule has 2 aromatic heterocycles. The third-order valence-corrected chi connectivity index (χ3v) is 4.13. The highest BCUT2D eigenvalue weighted by Crippen LogP contribution is 2.33. The molecule has 1 aromatic carbocycles. The van der Waals surface area contributed by atoms with E-state index >= 15 is 0 Å². The van der Waals surface area contributed by atoms with Crippen LogP contribution in [-0.4, -0.2) is 25.4 Å². The number of fused-ring (bicyclic) bond motifs is 1. The third kappa shape index (κ3) is 2.05. The van der Waals surface area contributed by atoms with Crippen molar-refractivity contribution in [3.8, 4) is 11.3 Å². The van der Waals surface area contributed by atoms with Crippen LogP contribution in [-0.2, 0) is 0 Å². The molecule has 106 valence electrons. The molecule has 3 aromatic rings. The second kappa shape index (κ2) is 4.67. The number of carbonyl (C=O) groups is 1. The van der Waals surface area contributed by atoms with Gasteiger partial charge in [-0.3, -0.25) is 14.5 Å². The lowest BCUT2D eigenvalue weighted by Crippen LogP contribution is -1.99. The molecule has 0 atom stereocenters. The quantitative estimate of drug-likeness (QED) is 0.592. The van der Waals surface area contributed by atoms with Crippen LogP contribution < -0.4 is 0 Å². The zero-order chi connectivity index (χ0) is 15.1. The number of nitro benzene ring substituents is 1. The van der Waals surface area contributed by atoms with Gasteiger partial charge in [0.15, 0.2) is 4.96 Å². The number of aryl methyl sites for hydroxylation is 1. The molecule has 0 spiro atoms. The topological polar surface area (TPSA) is 97.7 Å². The first-order chi connectivity index (χ1) is 9.99. The Morgan fingerprint density at radius 2 is 2.05 bits per heavy atom. The molecule has 7 nitrogen and oxygen atoms in total. The summed E-state index contributed by atoms with van der Waals surface area (Å²) in [7, 11) is 0. The summed E-state index contributed by atoms with van der Waals surface area (Å²) in [5.41, 5.74) is 1.87. The van der Waals surface area contributed by atoms with E-state index in [9.17, 15) is 20.0 Å². The Kier molecular flexibility index (Phi) is 2.95. The van der Waals surface area contributed by atoms with Gasteiger partial charge in [0.2, 0.25) is 0 Å². The van der Waals surface area contributed by atoms with Crippen LogP contribution in [0.4, 0.5) is 5.69 Å². The molecule has 0 aliphatic rings. The minimum atomic E-state index is -1.04. The van der Waals surface area contributed by atoms with Crippen molar-refractivity contribution >= 4 is 28.0 Å². The Bertz CT molecular complexity index is 864. The van der Waals surface area contributed by atoms with E-state index in [0.717, 1.165) is 17.0 Å². The summed E-state index contributed by atoms with van der Waals surface area (Å²) in [6, 6.07) is 5.81. The van der Waals surface area contributed by atoms with Gasteiger partial charge in [-0.1, -0.05) is 11.3 Å². The van der Waals surface area contributed by atoms with Gasteiger partial charge in [0.25, 0.3) is 5.69 Å². The zero-order valence-electron chi connectivity index (χ0n) is 10.8. The molecule has 0 saturated heterocycles. The van der Waals surface area contributed by atoms with Gasteiger partial charge in [0, 0.05) is 29.6 Å². The summed E-state index contributed by atoms with van der Waals surface area (Å²) in [5, 5.41) is 20.0. The lowest BCUT2D eigenvalue weighted by atomic mass is 10.1. The molecular weight excluding hydrogens is 294 g/mol. The summed E-state index contributed by atoms with van der Waals surface area (Å²) in [4.78, 5) is 26.5. The molecule has 0 aliphatic carbocycles. The Labute approximate surface area is 122 Å². The van der Waals surface area contributed by atoms with Crippen molar-refractivity contribution in [3.05, 3.63) is 51.1 Å². The molecule has 8 heteroatoms. The van der Waals surface area contributed by atoms with Crippen molar-refractivity contribution in [2.75, 3.05) is 0 Å². The molecule has 2 heterocycles. The van der Waals surface area contributed by atoms with Crippen LogP contribution in [0.1, 0.15) is 15.4 Å². The van der Waals surface area contributed by atoms with E-state index in [1.807, 2.05) is 6.92 Å². The maximum atomic E-state index is 11.4. The van der Waals surface area contributed by atoms with E-state index in [1.54, 1.807) is 22.7 Å². The third-order valence-electron chi connectivity index (χ3n) is 3.08. The molecule has 0 unspecified atom stereocenters. The smallest absolute Gasteiger partial charge is 0.348 e. The number of rotatable bonds is 3. The van der Waals surface area contributed by atoms with E-state index in [1.165, 1.54) is 12.1 Å². The van der Waals surface area contributed by atoms with Crippen LogP contribution in [0.25, 0.3) is 16.2 Å². The zero-order valence-corrected chi connectivity index (χ0v) is 11.6. The van der Waals surface area contributed by atoms with Crippen molar-refractivity contribution in [1.82, 2.24) is 9.38 Å². The van der Waals surface area contributed by atoms with Crippen LogP contribution in [0, 0.1) is 17.0 Å². The first-order valence-electron chi connectivity index (χ1n) is 5.94. The Morgan fingerprint density at radius 1 is 1.38 bits per heavy atom. The number of aromatic nitrogens is 2. The standard InChI is InChI=1S/C13H9N3O4S/c1-7-6-14-13-15(7)10(11(21-13)12(17)18)8-2-4-9(5-3-8)16(19)20/h2-6H,1H3,(H,17,18). The normalized spacial score (nSPS) is 10.9. The Balaban J connectivity index is 2.26. The average Bonchev–Trinajstić information content (AvgIpc) is 2.99. The van der Waals surface area contributed by atoms with Crippen LogP contribution in [0.15, 0.2) is 30.5 Å². The van der Waals surface area contributed by atoms with Gasteiger partial charge in [0.1, 0.15) is 4.88 Å². The second-order valence-electron chi connectivity index (χ2n) is 4.41. The predicted molar refractivity (Wildman–Crippen MR) is 76.9 cm³/mol. The number of aromatic carboxylic acids is 1. The van der Waals surface area contributed by atoms with Crippen LogP contribution >= 0.6 is 11.3 Å². The summed E-state index contributed by atoms with van der Waals surface area (Å²) < 4.78 is 1.75. The van der Waals surface area contributed by atoms with Crippen molar-refractivity contribution in [2.45, 2.75) is 6.92 Å². The maximum absolute atomic E-state index is 11.4. The molecule has 1 N–H and O–H groups in total. The summed E-state index contributed by atoms with van der Waals surface area (Å²) in [6.45, 7) is 1.83. The number of imidazole rings is 1. The maximum Gasteiger partial charge on any atom is 0.348 e. The minimum Gasteiger partial charge on any atom is -0.477 e. The molecule has 21 heavy (non-hydrogen) atoms. The van der Waals surface area contributed by atoms with Gasteiger partial charge < -0.3 is 5.11 Å². The first kappa shape index (κ1) is 13.3. The van der Waals surface area contributed by atoms with Crippen LogP contribution in [0.2, 0.25) is 0 Å². The lowest BCUT2D eigenvalue weighted by molar-refractivity contribution is -0.384. The number of carboxylic acid groups (broad SMARTS) is 1. The van der Waals surface area contributed by atoms with E-state index in [0.29, 0.717) is 16.2 Å². The number of carboxylic acids is 1. The van der Waals surface area contributed by atoms with Crippen molar-refractivity contribution in [3.63, 3.8) is 0 Å². The number of hydrogen-bond donors (Lipinski definition) is 1. The first-order valence-corrected chi connectivity index (χ1v) is 6.75. The van der Waals surface area contributed by atoms with Crippen molar-refractivity contribution < 1.29 is 14.8 Å². The van der Waals surface area contributed by atoms with Gasteiger partial charge in [0.05, 0.1) is 10.6 Å². The number of non-ortho nitro benzene ring substituents is 1. The van der Waals surface area contributed by atoms with Crippen molar-refractivity contribution in [2.24, 2.45) is 0 Å². The summed E-state index contributed by atoms with van der Waals surface area (Å²) in [5.74, 6) is -1.04. The monoisotopic (exact) mass is 303 g/mol. The fraction of sp³-hybridized carbons (Fsp3) is 0.0769. The number of nitro groups is 1. The van der Waals surface area contributed by atoms with E-state index in [-0.39, 0.29) is 10.6 Å².